The van der Waals surface area contributed by atoms with Gasteiger partial charge in [0.15, 0.2) is 0 Å². The number of amides is 3. The number of allylic oxidation sites excluding steroid dienone is 1. The van der Waals surface area contributed by atoms with E-state index in [0.717, 1.165) is 30.5 Å². The lowest BCUT2D eigenvalue weighted by atomic mass is 9.59. The van der Waals surface area contributed by atoms with Crippen LogP contribution in [-0.4, -0.2) is 17.7 Å². The van der Waals surface area contributed by atoms with E-state index in [1.807, 2.05) is 31.2 Å². The monoisotopic (exact) mass is 355 g/mol. The molecule has 1 heterocycles. The average molecular weight is 355 g/mol. The van der Waals surface area contributed by atoms with Gasteiger partial charge in [-0.15, -0.1) is 0 Å². The molecule has 1 saturated carbocycles. The zero-order valence-electron chi connectivity index (χ0n) is 15.2. The molecule has 1 aromatic rings. The molecule has 4 N–H and O–H groups in total. The molecule has 0 unspecified atom stereocenters. The Morgan fingerprint density at radius 1 is 1.15 bits per heavy atom. The summed E-state index contributed by atoms with van der Waals surface area (Å²) in [4.78, 5) is 37.9. The number of carbonyl (C=O) groups is 3. The van der Waals surface area contributed by atoms with Gasteiger partial charge >= 0.3 is 0 Å². The van der Waals surface area contributed by atoms with Crippen molar-refractivity contribution in [1.82, 2.24) is 5.32 Å². The average Bonchev–Trinajstić information content (AvgIpc) is 2.56. The summed E-state index contributed by atoms with van der Waals surface area (Å²) < 4.78 is 0. The third-order valence-corrected chi connectivity index (χ3v) is 5.65. The first-order valence-electron chi connectivity index (χ1n) is 9.05. The van der Waals surface area contributed by atoms with E-state index < -0.39 is 23.1 Å². The quantitative estimate of drug-likeness (QED) is 0.726. The zero-order valence-corrected chi connectivity index (χ0v) is 15.2. The van der Waals surface area contributed by atoms with E-state index in [0.29, 0.717) is 24.1 Å². The molecule has 1 aliphatic carbocycles. The number of anilines is 1. The minimum atomic E-state index is -1.01. The maximum Gasteiger partial charge on any atom is 0.253 e. The van der Waals surface area contributed by atoms with Crippen LogP contribution in [-0.2, 0) is 14.4 Å². The number of benzene rings is 1. The molecule has 2 aliphatic rings. The Bertz CT molecular complexity index is 791. The van der Waals surface area contributed by atoms with Crippen LogP contribution < -0.4 is 16.4 Å². The predicted octanol–water partition coefficient (Wildman–Crippen LogP) is 2.39. The minimum absolute atomic E-state index is 0.273. The first-order chi connectivity index (χ1) is 12.4. The molecular formula is C20H25N3O3. The molecule has 0 bridgehead atoms. The van der Waals surface area contributed by atoms with Crippen LogP contribution in [0.25, 0.3) is 0 Å². The summed E-state index contributed by atoms with van der Waals surface area (Å²) in [5, 5.41) is 5.65. The fourth-order valence-corrected chi connectivity index (χ4v) is 4.51. The van der Waals surface area contributed by atoms with Crippen molar-refractivity contribution in [3.63, 3.8) is 0 Å². The molecule has 1 spiro atoms. The van der Waals surface area contributed by atoms with Gasteiger partial charge in [-0.3, -0.25) is 14.4 Å². The maximum absolute atomic E-state index is 13.2. The molecule has 138 valence electrons. The molecular weight excluding hydrogens is 330 g/mol. The van der Waals surface area contributed by atoms with E-state index in [1.165, 1.54) is 0 Å². The first kappa shape index (κ1) is 18.2. The van der Waals surface area contributed by atoms with Crippen molar-refractivity contribution in [1.29, 1.82) is 0 Å². The number of carbonyl (C=O) groups excluding carboxylic acids is 3. The molecule has 3 amide bonds. The molecule has 0 aromatic heterocycles. The van der Waals surface area contributed by atoms with Crippen molar-refractivity contribution in [3.8, 4) is 0 Å². The Kier molecular flexibility index (Phi) is 4.85. The number of aryl methyl sites for hydroxylation is 1. The highest BCUT2D eigenvalue weighted by Gasteiger charge is 2.54. The van der Waals surface area contributed by atoms with Gasteiger partial charge in [-0.1, -0.05) is 37.5 Å². The molecule has 1 aliphatic heterocycles. The van der Waals surface area contributed by atoms with E-state index in [9.17, 15) is 14.4 Å². The number of rotatable bonds is 3. The van der Waals surface area contributed by atoms with Gasteiger partial charge in [0.1, 0.15) is 5.92 Å². The lowest BCUT2D eigenvalue weighted by Crippen LogP contribution is -2.56. The lowest BCUT2D eigenvalue weighted by molar-refractivity contribution is -0.140. The normalized spacial score (nSPS) is 22.1. The van der Waals surface area contributed by atoms with Gasteiger partial charge in [0.25, 0.3) is 5.91 Å². The Hall–Kier alpha value is -2.63. The fraction of sp³-hybridized carbons (Fsp3) is 0.450. The molecule has 26 heavy (non-hydrogen) atoms. The first-order valence-corrected chi connectivity index (χ1v) is 9.05. The highest BCUT2D eigenvalue weighted by atomic mass is 16.2. The van der Waals surface area contributed by atoms with Crippen LogP contribution in [0.1, 0.15) is 44.6 Å². The van der Waals surface area contributed by atoms with Gasteiger partial charge in [0, 0.05) is 22.4 Å². The third-order valence-electron chi connectivity index (χ3n) is 5.65. The second-order valence-corrected chi connectivity index (χ2v) is 7.31. The van der Waals surface area contributed by atoms with Crippen LogP contribution in [0.15, 0.2) is 35.5 Å². The third kappa shape index (κ3) is 3.00. The minimum Gasteiger partial charge on any atom is -0.369 e. The standard InChI is InChI=1S/C20H25N3O3/c1-12-8-4-5-9-14(12)23-18(25)15-13(2)22-19(26)16(17(21)24)20(15)10-6-3-7-11-20/h4-5,8-9,16H,3,6-7,10-11H2,1-2H3,(H2,21,24)(H,22,26)(H,23,25)/t16-/m0/s1. The highest BCUT2D eigenvalue weighted by molar-refractivity contribution is 6.11. The topological polar surface area (TPSA) is 101 Å². The molecule has 1 fully saturated rings. The van der Waals surface area contributed by atoms with Gasteiger partial charge in [0.2, 0.25) is 11.8 Å². The number of para-hydroxylation sites is 1. The number of nitrogens with two attached hydrogens (primary N) is 1. The molecule has 6 heteroatoms. The lowest BCUT2D eigenvalue weighted by Gasteiger charge is -2.46. The summed E-state index contributed by atoms with van der Waals surface area (Å²) in [6.07, 6.45) is 3.99. The Labute approximate surface area is 153 Å². The van der Waals surface area contributed by atoms with Crippen LogP contribution in [0.3, 0.4) is 0 Å². The van der Waals surface area contributed by atoms with E-state index >= 15 is 0 Å². The summed E-state index contributed by atoms with van der Waals surface area (Å²) in [6, 6.07) is 7.52. The van der Waals surface area contributed by atoms with Crippen LogP contribution in [0.2, 0.25) is 0 Å². The van der Waals surface area contributed by atoms with Crippen molar-refractivity contribution in [2.75, 3.05) is 5.32 Å². The summed E-state index contributed by atoms with van der Waals surface area (Å²) in [7, 11) is 0. The van der Waals surface area contributed by atoms with E-state index in [-0.39, 0.29) is 5.91 Å². The number of hydrogen-bond acceptors (Lipinski definition) is 3. The van der Waals surface area contributed by atoms with Gasteiger partial charge < -0.3 is 16.4 Å². The van der Waals surface area contributed by atoms with Gasteiger partial charge in [0.05, 0.1) is 0 Å². The predicted molar refractivity (Wildman–Crippen MR) is 98.9 cm³/mol. The van der Waals surface area contributed by atoms with Gasteiger partial charge in [-0.25, -0.2) is 0 Å². The van der Waals surface area contributed by atoms with Crippen molar-refractivity contribution < 1.29 is 14.4 Å². The van der Waals surface area contributed by atoms with E-state index in [2.05, 4.69) is 10.6 Å². The SMILES string of the molecule is CC1=C(C(=O)Nc2ccccc2C)C2(CCCCC2)[C@@H](C(N)=O)C(=O)N1. The fourth-order valence-electron chi connectivity index (χ4n) is 4.51. The van der Waals surface area contributed by atoms with Gasteiger partial charge in [-0.2, -0.15) is 0 Å². The molecule has 0 saturated heterocycles. The van der Waals surface area contributed by atoms with Crippen LogP contribution >= 0.6 is 0 Å². The number of primary amides is 1. The molecule has 6 nitrogen and oxygen atoms in total. The summed E-state index contributed by atoms with van der Waals surface area (Å²) in [5.41, 5.74) is 7.45. The smallest absolute Gasteiger partial charge is 0.253 e. The second kappa shape index (κ2) is 6.94. The largest absolute Gasteiger partial charge is 0.369 e. The molecule has 1 atom stereocenters. The molecule has 1 aromatic carbocycles. The van der Waals surface area contributed by atoms with E-state index in [1.54, 1.807) is 6.92 Å². The highest BCUT2D eigenvalue weighted by Crippen LogP contribution is 2.51. The zero-order chi connectivity index (χ0) is 18.9. The van der Waals surface area contributed by atoms with E-state index in [4.69, 9.17) is 5.73 Å². The Morgan fingerprint density at radius 3 is 2.42 bits per heavy atom. The van der Waals surface area contributed by atoms with Crippen molar-refractivity contribution in [2.45, 2.75) is 46.0 Å². The molecule has 0 radical (unpaired) electrons. The number of nitrogens with one attached hydrogen (secondary N) is 2. The van der Waals surface area contributed by atoms with Crippen LogP contribution in [0, 0.1) is 18.3 Å². The Morgan fingerprint density at radius 2 is 1.81 bits per heavy atom. The number of hydrogen-bond donors (Lipinski definition) is 3. The van der Waals surface area contributed by atoms with Gasteiger partial charge in [-0.05, 0) is 38.3 Å². The molecule has 3 rings (SSSR count). The van der Waals surface area contributed by atoms with Crippen molar-refractivity contribution in [3.05, 3.63) is 41.1 Å². The van der Waals surface area contributed by atoms with Crippen LogP contribution in [0.4, 0.5) is 5.69 Å². The van der Waals surface area contributed by atoms with Crippen molar-refractivity contribution >= 4 is 23.4 Å². The van der Waals surface area contributed by atoms with Crippen LogP contribution in [0.5, 0.6) is 0 Å². The second-order valence-electron chi connectivity index (χ2n) is 7.31. The summed E-state index contributed by atoms with van der Waals surface area (Å²) in [5.74, 6) is -2.35. The Balaban J connectivity index is 2.05. The summed E-state index contributed by atoms with van der Waals surface area (Å²) in [6.45, 7) is 3.64. The van der Waals surface area contributed by atoms with Crippen molar-refractivity contribution in [2.24, 2.45) is 17.1 Å². The maximum atomic E-state index is 13.2. The summed E-state index contributed by atoms with van der Waals surface area (Å²) >= 11 is 0.